The molecule has 1 unspecified atom stereocenters. The molecule has 0 saturated carbocycles. The molecular formula is C27H41NO8. The molecule has 2 N–H and O–H groups in total. The van der Waals surface area contributed by atoms with Gasteiger partial charge in [-0.15, -0.1) is 0 Å². The van der Waals surface area contributed by atoms with Gasteiger partial charge in [-0.05, 0) is 44.4 Å². The SMILES string of the molecule is CCCCCC(=O)OC(C)[C@H](C)OC(=O)[C@@H](N)Cc1ccc(OC(=O)C(C)C)c(OC(=O)C(C)C)c1. The number of rotatable bonds is 14. The van der Waals surface area contributed by atoms with Crippen molar-refractivity contribution >= 4 is 23.9 Å². The van der Waals surface area contributed by atoms with E-state index in [1.54, 1.807) is 47.6 Å². The van der Waals surface area contributed by atoms with Crippen LogP contribution in [0.3, 0.4) is 0 Å². The molecule has 0 aliphatic rings. The lowest BCUT2D eigenvalue weighted by atomic mass is 10.1. The Balaban J connectivity index is 2.83. The van der Waals surface area contributed by atoms with Crippen LogP contribution >= 0.6 is 0 Å². The predicted molar refractivity (Wildman–Crippen MR) is 134 cm³/mol. The maximum absolute atomic E-state index is 12.6. The minimum absolute atomic E-state index is 0.0674. The second-order valence-electron chi connectivity index (χ2n) is 9.54. The first-order valence-electron chi connectivity index (χ1n) is 12.6. The van der Waals surface area contributed by atoms with Crippen LogP contribution < -0.4 is 15.2 Å². The van der Waals surface area contributed by atoms with Gasteiger partial charge in [-0.3, -0.25) is 19.2 Å². The number of ether oxygens (including phenoxy) is 4. The van der Waals surface area contributed by atoms with Crippen molar-refractivity contribution in [3.8, 4) is 11.5 Å². The van der Waals surface area contributed by atoms with Crippen LogP contribution in [0.4, 0.5) is 0 Å². The summed E-state index contributed by atoms with van der Waals surface area (Å²) < 4.78 is 21.5. The third-order valence-corrected chi connectivity index (χ3v) is 5.40. The van der Waals surface area contributed by atoms with E-state index in [1.165, 1.54) is 12.1 Å². The number of nitrogens with two attached hydrogens (primary N) is 1. The fourth-order valence-corrected chi connectivity index (χ4v) is 2.88. The van der Waals surface area contributed by atoms with Crippen molar-refractivity contribution < 1.29 is 38.1 Å². The van der Waals surface area contributed by atoms with Gasteiger partial charge < -0.3 is 24.7 Å². The first-order valence-corrected chi connectivity index (χ1v) is 12.6. The van der Waals surface area contributed by atoms with E-state index >= 15 is 0 Å². The van der Waals surface area contributed by atoms with Crippen molar-refractivity contribution in [3.05, 3.63) is 23.8 Å². The Bertz CT molecular complexity index is 896. The zero-order chi connectivity index (χ0) is 27.4. The summed E-state index contributed by atoms with van der Waals surface area (Å²) in [6, 6.07) is 3.63. The number of hydrogen-bond donors (Lipinski definition) is 1. The molecule has 1 aromatic rings. The summed E-state index contributed by atoms with van der Waals surface area (Å²) in [5.41, 5.74) is 6.64. The van der Waals surface area contributed by atoms with Crippen LogP contribution in [0.1, 0.15) is 79.7 Å². The first kappa shape index (κ1) is 31.1. The van der Waals surface area contributed by atoms with Gasteiger partial charge >= 0.3 is 23.9 Å². The van der Waals surface area contributed by atoms with Crippen LogP contribution in [0.2, 0.25) is 0 Å². The minimum Gasteiger partial charge on any atom is -0.459 e. The topological polar surface area (TPSA) is 131 Å². The van der Waals surface area contributed by atoms with E-state index < -0.39 is 42.1 Å². The summed E-state index contributed by atoms with van der Waals surface area (Å²) in [6.07, 6.45) is 1.81. The van der Waals surface area contributed by atoms with Gasteiger partial charge in [0.15, 0.2) is 11.5 Å². The normalized spacial score (nSPS) is 13.6. The van der Waals surface area contributed by atoms with E-state index in [-0.39, 0.29) is 29.8 Å². The van der Waals surface area contributed by atoms with Crippen molar-refractivity contribution in [2.45, 2.75) is 98.8 Å². The molecule has 0 bridgehead atoms. The highest BCUT2D eigenvalue weighted by molar-refractivity contribution is 5.78. The van der Waals surface area contributed by atoms with Crippen LogP contribution in [-0.2, 0) is 35.1 Å². The Morgan fingerprint density at radius 1 is 0.778 bits per heavy atom. The Labute approximate surface area is 214 Å². The van der Waals surface area contributed by atoms with Crippen molar-refractivity contribution in [2.24, 2.45) is 17.6 Å². The van der Waals surface area contributed by atoms with Gasteiger partial charge in [-0.25, -0.2) is 0 Å². The molecule has 36 heavy (non-hydrogen) atoms. The zero-order valence-corrected chi connectivity index (χ0v) is 22.5. The summed E-state index contributed by atoms with van der Waals surface area (Å²) in [4.78, 5) is 48.7. The second-order valence-corrected chi connectivity index (χ2v) is 9.54. The molecular weight excluding hydrogens is 466 g/mol. The number of carbonyl (C=O) groups is 4. The molecule has 1 rings (SSSR count). The zero-order valence-electron chi connectivity index (χ0n) is 22.5. The van der Waals surface area contributed by atoms with E-state index in [2.05, 4.69) is 0 Å². The molecule has 1 aromatic carbocycles. The van der Waals surface area contributed by atoms with E-state index in [9.17, 15) is 19.2 Å². The van der Waals surface area contributed by atoms with E-state index in [0.717, 1.165) is 19.3 Å². The van der Waals surface area contributed by atoms with Gasteiger partial charge in [0.1, 0.15) is 18.2 Å². The Morgan fingerprint density at radius 3 is 1.89 bits per heavy atom. The fourth-order valence-electron chi connectivity index (χ4n) is 2.88. The lowest BCUT2D eigenvalue weighted by Gasteiger charge is -2.22. The first-order chi connectivity index (χ1) is 16.8. The van der Waals surface area contributed by atoms with Gasteiger partial charge in [0, 0.05) is 6.42 Å². The van der Waals surface area contributed by atoms with Crippen LogP contribution in [0.5, 0.6) is 11.5 Å². The Kier molecular flexibility index (Phi) is 13.2. The highest BCUT2D eigenvalue weighted by Crippen LogP contribution is 2.30. The Hall–Kier alpha value is -2.94. The van der Waals surface area contributed by atoms with Crippen molar-refractivity contribution in [1.29, 1.82) is 0 Å². The summed E-state index contributed by atoms with van der Waals surface area (Å²) in [6.45, 7) is 12.1. The van der Waals surface area contributed by atoms with Gasteiger partial charge in [0.05, 0.1) is 11.8 Å². The highest BCUT2D eigenvalue weighted by Gasteiger charge is 2.25. The molecule has 0 heterocycles. The molecule has 0 aromatic heterocycles. The summed E-state index contributed by atoms with van der Waals surface area (Å²) in [5, 5.41) is 0. The minimum atomic E-state index is -1.02. The molecule has 0 fully saturated rings. The fraction of sp³-hybridized carbons (Fsp3) is 0.630. The summed E-state index contributed by atoms with van der Waals surface area (Å²) in [7, 11) is 0. The largest absolute Gasteiger partial charge is 0.459 e. The predicted octanol–water partition coefficient (Wildman–Crippen LogP) is 4.12. The van der Waals surface area contributed by atoms with Gasteiger partial charge in [-0.1, -0.05) is 53.5 Å². The lowest BCUT2D eigenvalue weighted by Crippen LogP contribution is -2.39. The monoisotopic (exact) mass is 507 g/mol. The average molecular weight is 508 g/mol. The number of unbranched alkanes of at least 4 members (excludes halogenated alkanes) is 2. The van der Waals surface area contributed by atoms with Crippen LogP contribution in [-0.4, -0.2) is 42.1 Å². The number of esters is 4. The molecule has 202 valence electrons. The summed E-state index contributed by atoms with van der Waals surface area (Å²) in [5.74, 6) is -2.56. The molecule has 0 aliphatic carbocycles. The number of carbonyl (C=O) groups excluding carboxylic acids is 4. The molecule has 9 heteroatoms. The standard InChI is InChI=1S/C27H41NO8/c1-8-9-10-11-24(29)33-18(6)19(7)34-27(32)21(28)14-20-12-13-22(35-25(30)16(2)3)23(15-20)36-26(31)17(4)5/h12-13,15-19,21H,8-11,14,28H2,1-7H3/t18?,19-,21-/m0/s1. The maximum atomic E-state index is 12.6. The molecule has 0 aliphatic heterocycles. The van der Waals surface area contributed by atoms with E-state index in [1.807, 2.05) is 6.92 Å². The third-order valence-electron chi connectivity index (χ3n) is 5.40. The molecule has 0 saturated heterocycles. The van der Waals surface area contributed by atoms with E-state index in [0.29, 0.717) is 12.0 Å². The molecule has 0 amide bonds. The van der Waals surface area contributed by atoms with Gasteiger partial charge in [0.2, 0.25) is 0 Å². The van der Waals surface area contributed by atoms with E-state index in [4.69, 9.17) is 24.7 Å². The van der Waals surface area contributed by atoms with Crippen molar-refractivity contribution in [3.63, 3.8) is 0 Å². The van der Waals surface area contributed by atoms with Crippen LogP contribution in [0.15, 0.2) is 18.2 Å². The quantitative estimate of drug-likeness (QED) is 0.224. The van der Waals surface area contributed by atoms with Crippen molar-refractivity contribution in [2.75, 3.05) is 0 Å². The van der Waals surface area contributed by atoms with Crippen LogP contribution in [0.25, 0.3) is 0 Å². The molecule has 3 atom stereocenters. The summed E-state index contributed by atoms with van der Waals surface area (Å²) >= 11 is 0. The third kappa shape index (κ3) is 10.8. The Morgan fingerprint density at radius 2 is 1.33 bits per heavy atom. The van der Waals surface area contributed by atoms with Crippen molar-refractivity contribution in [1.82, 2.24) is 0 Å². The smallest absolute Gasteiger partial charge is 0.323 e. The lowest BCUT2D eigenvalue weighted by molar-refractivity contribution is -0.166. The second kappa shape index (κ2) is 15.2. The molecule has 0 spiro atoms. The number of hydrogen-bond acceptors (Lipinski definition) is 9. The maximum Gasteiger partial charge on any atom is 0.323 e. The molecule has 9 nitrogen and oxygen atoms in total. The molecule has 0 radical (unpaired) electrons. The number of benzene rings is 1. The van der Waals surface area contributed by atoms with Crippen LogP contribution in [0, 0.1) is 11.8 Å². The van der Waals surface area contributed by atoms with Gasteiger partial charge in [0.25, 0.3) is 0 Å². The van der Waals surface area contributed by atoms with Gasteiger partial charge in [-0.2, -0.15) is 0 Å². The highest BCUT2D eigenvalue weighted by atomic mass is 16.6. The average Bonchev–Trinajstić information content (AvgIpc) is 2.80.